The minimum Gasteiger partial charge on any atom is -0.457 e. The normalized spacial score (nSPS) is 10.6. The highest BCUT2D eigenvalue weighted by atomic mass is 35.5. The summed E-state index contributed by atoms with van der Waals surface area (Å²) >= 11 is 6.17. The molecule has 19 heavy (non-hydrogen) atoms. The summed E-state index contributed by atoms with van der Waals surface area (Å²) in [5, 5.41) is 2.63. The van der Waals surface area contributed by atoms with E-state index in [-0.39, 0.29) is 0 Å². The van der Waals surface area contributed by atoms with Gasteiger partial charge in [-0.1, -0.05) is 35.9 Å². The van der Waals surface area contributed by atoms with Crippen molar-refractivity contribution >= 4 is 28.2 Å². The van der Waals surface area contributed by atoms with Gasteiger partial charge in [-0.3, -0.25) is 0 Å². The Balaban J connectivity index is 2.09. The number of pyridine rings is 1. The average molecular weight is 271 g/mol. The third-order valence-corrected chi connectivity index (χ3v) is 3.14. The maximum atomic E-state index is 6.17. The Labute approximate surface area is 115 Å². The number of hydrogen-bond acceptors (Lipinski definition) is 3. The lowest BCUT2D eigenvalue weighted by atomic mass is 10.1. The average Bonchev–Trinajstić information content (AvgIpc) is 2.42. The number of nitrogens with two attached hydrogens (primary N) is 1. The van der Waals surface area contributed by atoms with Crippen LogP contribution in [-0.4, -0.2) is 4.98 Å². The van der Waals surface area contributed by atoms with Crippen LogP contribution in [0.25, 0.3) is 10.8 Å². The topological polar surface area (TPSA) is 48.1 Å². The highest BCUT2D eigenvalue weighted by Gasteiger charge is 2.06. The van der Waals surface area contributed by atoms with Crippen LogP contribution in [0.4, 0.5) is 5.82 Å². The smallest absolute Gasteiger partial charge is 0.135 e. The van der Waals surface area contributed by atoms with Crippen LogP contribution in [0.2, 0.25) is 5.02 Å². The van der Waals surface area contributed by atoms with Crippen LogP contribution in [0.3, 0.4) is 0 Å². The molecule has 0 amide bonds. The number of benzene rings is 2. The van der Waals surface area contributed by atoms with E-state index in [1.165, 1.54) is 0 Å². The third kappa shape index (κ3) is 2.33. The number of hydrogen-bond donors (Lipinski definition) is 1. The second-order valence-electron chi connectivity index (χ2n) is 4.11. The molecule has 2 N–H and O–H groups in total. The first-order valence-electron chi connectivity index (χ1n) is 5.81. The predicted octanol–water partition coefficient (Wildman–Crippen LogP) is 4.26. The molecule has 3 rings (SSSR count). The lowest BCUT2D eigenvalue weighted by Gasteiger charge is -2.10. The van der Waals surface area contributed by atoms with Gasteiger partial charge in [-0.25, -0.2) is 4.98 Å². The summed E-state index contributed by atoms with van der Waals surface area (Å²) in [7, 11) is 0. The van der Waals surface area contributed by atoms with E-state index in [1.807, 2.05) is 36.4 Å². The van der Waals surface area contributed by atoms with Crippen LogP contribution < -0.4 is 10.5 Å². The van der Waals surface area contributed by atoms with Crippen molar-refractivity contribution in [3.63, 3.8) is 0 Å². The van der Waals surface area contributed by atoms with E-state index in [4.69, 9.17) is 22.1 Å². The maximum Gasteiger partial charge on any atom is 0.135 e. The van der Waals surface area contributed by atoms with Crippen molar-refractivity contribution < 1.29 is 4.74 Å². The third-order valence-electron chi connectivity index (χ3n) is 2.81. The lowest BCUT2D eigenvalue weighted by molar-refractivity contribution is 0.488. The molecule has 4 heteroatoms. The van der Waals surface area contributed by atoms with Gasteiger partial charge < -0.3 is 10.5 Å². The predicted molar refractivity (Wildman–Crippen MR) is 77.7 cm³/mol. The van der Waals surface area contributed by atoms with Crippen molar-refractivity contribution in [2.45, 2.75) is 0 Å². The van der Waals surface area contributed by atoms with Crippen molar-refractivity contribution in [2.24, 2.45) is 0 Å². The SMILES string of the molecule is Nc1cc(Oc2ccc(Cl)c3ccccc23)ccn1. The second-order valence-corrected chi connectivity index (χ2v) is 4.52. The van der Waals surface area contributed by atoms with Crippen LogP contribution in [-0.2, 0) is 0 Å². The molecule has 0 bridgehead atoms. The monoisotopic (exact) mass is 270 g/mol. The molecule has 0 atom stereocenters. The molecular weight excluding hydrogens is 260 g/mol. The zero-order valence-corrected chi connectivity index (χ0v) is 10.8. The molecule has 0 aliphatic carbocycles. The lowest BCUT2D eigenvalue weighted by Crippen LogP contribution is -1.91. The van der Waals surface area contributed by atoms with Crippen molar-refractivity contribution in [3.05, 3.63) is 59.8 Å². The molecule has 2 aromatic carbocycles. The maximum absolute atomic E-state index is 6.17. The van der Waals surface area contributed by atoms with Crippen LogP contribution in [0, 0.1) is 0 Å². The van der Waals surface area contributed by atoms with E-state index >= 15 is 0 Å². The number of halogens is 1. The Morgan fingerprint density at radius 3 is 2.58 bits per heavy atom. The molecule has 0 saturated carbocycles. The van der Waals surface area contributed by atoms with Crippen molar-refractivity contribution in [3.8, 4) is 11.5 Å². The molecule has 0 spiro atoms. The summed E-state index contributed by atoms with van der Waals surface area (Å²) in [6.07, 6.45) is 1.61. The fourth-order valence-corrected chi connectivity index (χ4v) is 2.17. The first-order chi connectivity index (χ1) is 9.24. The van der Waals surface area contributed by atoms with Gasteiger partial charge in [-0.15, -0.1) is 0 Å². The van der Waals surface area contributed by atoms with E-state index in [2.05, 4.69) is 4.98 Å². The minimum atomic E-state index is 0.427. The molecular formula is C15H11ClN2O. The summed E-state index contributed by atoms with van der Waals surface area (Å²) in [6, 6.07) is 15.0. The first kappa shape index (κ1) is 11.8. The number of nitrogens with zero attached hydrogens (tertiary/aromatic N) is 1. The Hall–Kier alpha value is -2.26. The number of ether oxygens (including phenoxy) is 1. The number of rotatable bonds is 2. The quantitative estimate of drug-likeness (QED) is 0.757. The van der Waals surface area contributed by atoms with Gasteiger partial charge in [0.1, 0.15) is 17.3 Å². The van der Waals surface area contributed by atoms with Gasteiger partial charge in [-0.2, -0.15) is 0 Å². The van der Waals surface area contributed by atoms with E-state index in [0.717, 1.165) is 16.5 Å². The number of anilines is 1. The molecule has 1 aromatic heterocycles. The van der Waals surface area contributed by atoms with Gasteiger partial charge in [-0.05, 0) is 18.2 Å². The fraction of sp³-hybridized carbons (Fsp3) is 0. The molecule has 0 aliphatic heterocycles. The van der Waals surface area contributed by atoms with Crippen molar-refractivity contribution in [1.82, 2.24) is 4.98 Å². The fourth-order valence-electron chi connectivity index (χ4n) is 1.94. The summed E-state index contributed by atoms with van der Waals surface area (Å²) in [6.45, 7) is 0. The van der Waals surface area contributed by atoms with Gasteiger partial charge >= 0.3 is 0 Å². The van der Waals surface area contributed by atoms with Crippen LogP contribution in [0.1, 0.15) is 0 Å². The van der Waals surface area contributed by atoms with Gasteiger partial charge in [0.15, 0.2) is 0 Å². The Bertz CT molecular complexity index is 743. The van der Waals surface area contributed by atoms with E-state index < -0.39 is 0 Å². The largest absolute Gasteiger partial charge is 0.457 e. The molecule has 0 fully saturated rings. The molecule has 0 aliphatic rings. The van der Waals surface area contributed by atoms with Crippen LogP contribution >= 0.6 is 11.6 Å². The highest BCUT2D eigenvalue weighted by Crippen LogP contribution is 2.34. The minimum absolute atomic E-state index is 0.427. The van der Waals surface area contributed by atoms with Gasteiger partial charge in [0.05, 0.1) is 0 Å². The highest BCUT2D eigenvalue weighted by molar-refractivity contribution is 6.35. The summed E-state index contributed by atoms with van der Waals surface area (Å²) < 4.78 is 5.85. The Morgan fingerprint density at radius 1 is 1.00 bits per heavy atom. The molecule has 0 unspecified atom stereocenters. The first-order valence-corrected chi connectivity index (χ1v) is 6.18. The molecule has 1 heterocycles. The van der Waals surface area contributed by atoms with Crippen molar-refractivity contribution in [2.75, 3.05) is 5.73 Å². The molecule has 0 radical (unpaired) electrons. The standard InChI is InChI=1S/C15H11ClN2O/c16-13-5-6-14(12-4-2-1-3-11(12)13)19-10-7-8-18-15(17)9-10/h1-9H,(H2,17,18). The van der Waals surface area contributed by atoms with Crippen molar-refractivity contribution in [1.29, 1.82) is 0 Å². The van der Waals surface area contributed by atoms with Gasteiger partial charge in [0.25, 0.3) is 0 Å². The van der Waals surface area contributed by atoms with Gasteiger partial charge in [0.2, 0.25) is 0 Å². The summed E-state index contributed by atoms with van der Waals surface area (Å²) in [5.74, 6) is 1.82. The van der Waals surface area contributed by atoms with E-state index in [0.29, 0.717) is 16.6 Å². The zero-order valence-electron chi connectivity index (χ0n) is 10.0. The molecule has 3 aromatic rings. The van der Waals surface area contributed by atoms with Crippen LogP contribution in [0.5, 0.6) is 11.5 Å². The molecule has 0 saturated heterocycles. The molecule has 3 nitrogen and oxygen atoms in total. The Morgan fingerprint density at radius 2 is 1.79 bits per heavy atom. The van der Waals surface area contributed by atoms with Gasteiger partial charge in [0, 0.05) is 28.1 Å². The second kappa shape index (κ2) is 4.78. The van der Waals surface area contributed by atoms with Crippen LogP contribution in [0.15, 0.2) is 54.7 Å². The number of aromatic nitrogens is 1. The molecule has 94 valence electrons. The van der Waals surface area contributed by atoms with E-state index in [9.17, 15) is 0 Å². The zero-order chi connectivity index (χ0) is 13.2. The number of fused-ring (bicyclic) bond motifs is 1. The summed E-state index contributed by atoms with van der Waals surface area (Å²) in [4.78, 5) is 3.93. The Kier molecular flexibility index (Phi) is 2.97. The van der Waals surface area contributed by atoms with E-state index in [1.54, 1.807) is 18.3 Å². The number of nitrogen functional groups attached to an aromatic ring is 1. The summed E-state index contributed by atoms with van der Waals surface area (Å²) in [5.41, 5.74) is 5.64.